The number of carbonyl (C=O) groups is 1. The van der Waals surface area contributed by atoms with Gasteiger partial charge in [0.15, 0.2) is 5.78 Å². The Morgan fingerprint density at radius 1 is 1.12 bits per heavy atom. The van der Waals surface area contributed by atoms with Crippen LogP contribution in [-0.4, -0.2) is 12.4 Å². The molecule has 0 amide bonds. The molecule has 3 rings (SSSR count). The Morgan fingerprint density at radius 2 is 2.06 bits per heavy atom. The van der Waals surface area contributed by atoms with Gasteiger partial charge >= 0.3 is 0 Å². The van der Waals surface area contributed by atoms with Gasteiger partial charge in [-0.05, 0) is 42.5 Å². The first kappa shape index (κ1) is 10.6. The number of carbonyl (C=O) groups excluding carboxylic acids is 1. The lowest BCUT2D eigenvalue weighted by atomic mass is 10.0. The van der Waals surface area contributed by atoms with Gasteiger partial charge in [0.1, 0.15) is 5.75 Å². The van der Waals surface area contributed by atoms with E-state index < -0.39 is 0 Å². The molecule has 0 unspecified atom stereocenters. The molecular formula is C15H16O2. The topological polar surface area (TPSA) is 26.3 Å². The van der Waals surface area contributed by atoms with Crippen LogP contribution >= 0.6 is 0 Å². The molecule has 0 fully saturated rings. The maximum absolute atomic E-state index is 11.1. The third kappa shape index (κ3) is 2.26. The Bertz CT molecular complexity index is 486. The van der Waals surface area contributed by atoms with Crippen LogP contribution in [0.3, 0.4) is 0 Å². The van der Waals surface area contributed by atoms with Crippen molar-refractivity contribution in [2.75, 3.05) is 6.61 Å². The number of aryl methyl sites for hydroxylation is 1. The predicted octanol–water partition coefficient (Wildman–Crippen LogP) is 2.84. The van der Waals surface area contributed by atoms with Gasteiger partial charge < -0.3 is 4.74 Å². The number of hydrogen-bond donors (Lipinski definition) is 0. The van der Waals surface area contributed by atoms with Gasteiger partial charge in [0.2, 0.25) is 0 Å². The van der Waals surface area contributed by atoms with Crippen LogP contribution < -0.4 is 4.74 Å². The summed E-state index contributed by atoms with van der Waals surface area (Å²) in [6.45, 7) is 0.818. The van der Waals surface area contributed by atoms with Crippen LogP contribution in [0.2, 0.25) is 0 Å². The quantitative estimate of drug-likeness (QED) is 0.795. The Balaban J connectivity index is 1.66. The smallest absolute Gasteiger partial charge is 0.155 e. The predicted molar refractivity (Wildman–Crippen MR) is 66.3 cm³/mol. The fourth-order valence-corrected chi connectivity index (χ4v) is 2.55. The van der Waals surface area contributed by atoms with E-state index in [4.69, 9.17) is 4.74 Å². The Hall–Kier alpha value is -1.57. The highest BCUT2D eigenvalue weighted by Crippen LogP contribution is 2.27. The molecule has 1 aliphatic heterocycles. The summed E-state index contributed by atoms with van der Waals surface area (Å²) in [4.78, 5) is 11.1. The van der Waals surface area contributed by atoms with Crippen LogP contribution in [0.15, 0.2) is 29.8 Å². The fourth-order valence-electron chi connectivity index (χ4n) is 2.55. The number of rotatable bonds is 3. The monoisotopic (exact) mass is 228 g/mol. The van der Waals surface area contributed by atoms with Gasteiger partial charge in [-0.15, -0.1) is 0 Å². The molecule has 0 spiro atoms. The van der Waals surface area contributed by atoms with E-state index in [2.05, 4.69) is 18.2 Å². The summed E-state index contributed by atoms with van der Waals surface area (Å²) in [5, 5.41) is 0. The van der Waals surface area contributed by atoms with Crippen LogP contribution in [0.5, 0.6) is 5.75 Å². The SMILES string of the molecule is O=C1C=C(CCc2ccc3c(c2)CCO3)CC1. The molecule has 0 saturated heterocycles. The molecule has 0 radical (unpaired) electrons. The molecule has 0 N–H and O–H groups in total. The zero-order valence-electron chi connectivity index (χ0n) is 9.87. The van der Waals surface area contributed by atoms with Gasteiger partial charge in [-0.3, -0.25) is 4.79 Å². The standard InChI is InChI=1S/C15H16O2/c16-14-5-3-12(10-14)2-1-11-4-6-15-13(9-11)7-8-17-15/h4,6,9-10H,1-3,5,7-8H2. The molecule has 1 aromatic carbocycles. The largest absolute Gasteiger partial charge is 0.493 e. The Kier molecular flexibility index (Phi) is 2.71. The lowest BCUT2D eigenvalue weighted by Gasteiger charge is -2.04. The lowest BCUT2D eigenvalue weighted by Crippen LogP contribution is -1.89. The summed E-state index contributed by atoms with van der Waals surface area (Å²) in [7, 11) is 0. The van der Waals surface area contributed by atoms with E-state index >= 15 is 0 Å². The number of ketones is 1. The van der Waals surface area contributed by atoms with Crippen LogP contribution in [0.1, 0.15) is 30.4 Å². The van der Waals surface area contributed by atoms with Crippen molar-refractivity contribution in [2.24, 2.45) is 0 Å². The molecule has 1 aliphatic carbocycles. The van der Waals surface area contributed by atoms with Crippen LogP contribution in [0.25, 0.3) is 0 Å². The number of ether oxygens (including phenoxy) is 1. The molecule has 0 aromatic heterocycles. The van der Waals surface area contributed by atoms with E-state index in [0.717, 1.165) is 38.0 Å². The summed E-state index contributed by atoms with van der Waals surface area (Å²) < 4.78 is 5.49. The van der Waals surface area contributed by atoms with Crippen molar-refractivity contribution in [1.29, 1.82) is 0 Å². The van der Waals surface area contributed by atoms with Gasteiger partial charge in [0, 0.05) is 12.8 Å². The fraction of sp³-hybridized carbons (Fsp3) is 0.400. The summed E-state index contributed by atoms with van der Waals surface area (Å²) in [6, 6.07) is 6.47. The number of allylic oxidation sites excluding steroid dienone is 2. The van der Waals surface area contributed by atoms with Crippen molar-refractivity contribution in [3.05, 3.63) is 41.0 Å². The summed E-state index contributed by atoms with van der Waals surface area (Å²) in [5.74, 6) is 1.34. The number of fused-ring (bicyclic) bond motifs is 1. The second-order valence-electron chi connectivity index (χ2n) is 4.81. The van der Waals surface area contributed by atoms with Crippen molar-refractivity contribution < 1.29 is 9.53 Å². The van der Waals surface area contributed by atoms with Crippen LogP contribution in [0.4, 0.5) is 0 Å². The molecule has 0 saturated carbocycles. The van der Waals surface area contributed by atoms with E-state index in [1.54, 1.807) is 0 Å². The molecule has 2 heteroatoms. The average molecular weight is 228 g/mol. The Morgan fingerprint density at radius 3 is 2.88 bits per heavy atom. The molecule has 1 aromatic rings. The zero-order valence-corrected chi connectivity index (χ0v) is 9.87. The lowest BCUT2D eigenvalue weighted by molar-refractivity contribution is -0.114. The highest BCUT2D eigenvalue weighted by Gasteiger charge is 2.14. The maximum atomic E-state index is 11.1. The number of hydrogen-bond acceptors (Lipinski definition) is 2. The second kappa shape index (κ2) is 4.36. The molecule has 2 aliphatic rings. The van der Waals surface area contributed by atoms with Crippen molar-refractivity contribution in [3.8, 4) is 5.75 Å². The van der Waals surface area contributed by atoms with Crippen molar-refractivity contribution >= 4 is 5.78 Å². The molecule has 2 nitrogen and oxygen atoms in total. The van der Waals surface area contributed by atoms with E-state index in [1.165, 1.54) is 16.7 Å². The minimum Gasteiger partial charge on any atom is -0.493 e. The Labute approximate surface area is 101 Å². The van der Waals surface area contributed by atoms with Crippen LogP contribution in [-0.2, 0) is 17.6 Å². The van der Waals surface area contributed by atoms with Gasteiger partial charge in [-0.1, -0.05) is 17.7 Å². The van der Waals surface area contributed by atoms with Gasteiger partial charge in [-0.2, -0.15) is 0 Å². The van der Waals surface area contributed by atoms with Gasteiger partial charge in [0.25, 0.3) is 0 Å². The minimum absolute atomic E-state index is 0.294. The van der Waals surface area contributed by atoms with Crippen molar-refractivity contribution in [1.82, 2.24) is 0 Å². The summed E-state index contributed by atoms with van der Waals surface area (Å²) in [6.07, 6.45) is 6.60. The molecule has 17 heavy (non-hydrogen) atoms. The molecule has 0 atom stereocenters. The third-order valence-corrected chi connectivity index (χ3v) is 3.55. The first-order chi connectivity index (χ1) is 8.31. The highest BCUT2D eigenvalue weighted by molar-refractivity contribution is 5.92. The van der Waals surface area contributed by atoms with Crippen molar-refractivity contribution in [2.45, 2.75) is 32.1 Å². The normalized spacial score (nSPS) is 17.9. The third-order valence-electron chi connectivity index (χ3n) is 3.55. The summed E-state index contributed by atoms with van der Waals surface area (Å²) >= 11 is 0. The maximum Gasteiger partial charge on any atom is 0.155 e. The van der Waals surface area contributed by atoms with Crippen molar-refractivity contribution in [3.63, 3.8) is 0 Å². The summed E-state index contributed by atoms with van der Waals surface area (Å²) in [5.41, 5.74) is 4.00. The van der Waals surface area contributed by atoms with Crippen LogP contribution in [0, 0.1) is 0 Å². The molecule has 88 valence electrons. The van der Waals surface area contributed by atoms with Gasteiger partial charge in [-0.25, -0.2) is 0 Å². The van der Waals surface area contributed by atoms with E-state index in [0.29, 0.717) is 12.2 Å². The molecule has 0 bridgehead atoms. The van der Waals surface area contributed by atoms with Gasteiger partial charge in [0.05, 0.1) is 6.61 Å². The number of benzene rings is 1. The van der Waals surface area contributed by atoms with E-state index in [1.807, 2.05) is 6.08 Å². The van der Waals surface area contributed by atoms with E-state index in [-0.39, 0.29) is 0 Å². The first-order valence-electron chi connectivity index (χ1n) is 6.28. The minimum atomic E-state index is 0.294. The average Bonchev–Trinajstić information content (AvgIpc) is 2.94. The highest BCUT2D eigenvalue weighted by atomic mass is 16.5. The van der Waals surface area contributed by atoms with E-state index in [9.17, 15) is 4.79 Å². The second-order valence-corrected chi connectivity index (χ2v) is 4.81. The first-order valence-corrected chi connectivity index (χ1v) is 6.28. The zero-order chi connectivity index (χ0) is 11.7. The molecular weight excluding hydrogens is 212 g/mol. The molecule has 1 heterocycles.